The van der Waals surface area contributed by atoms with E-state index >= 15 is 0 Å². The number of carbonyl (C=O) groups is 1. The molecule has 2 heterocycles. The van der Waals surface area contributed by atoms with Crippen LogP contribution in [0.1, 0.15) is 18.4 Å². The summed E-state index contributed by atoms with van der Waals surface area (Å²) >= 11 is 5.86. The molecule has 6 nitrogen and oxygen atoms in total. The number of likely N-dealkylation sites (N-methyl/N-ethyl adjacent to an activating group) is 1. The van der Waals surface area contributed by atoms with Crippen LogP contribution in [0.25, 0.3) is 0 Å². The van der Waals surface area contributed by atoms with Gasteiger partial charge in [0.05, 0.1) is 11.7 Å². The van der Waals surface area contributed by atoms with Gasteiger partial charge >= 0.3 is 0 Å². The minimum Gasteiger partial charge on any atom is -0.340 e. The van der Waals surface area contributed by atoms with Crippen molar-refractivity contribution in [2.75, 3.05) is 46.3 Å². The Bertz CT molecular complexity index is 731. The molecule has 1 atom stereocenters. The SMILES string of the molecule is CN1CCN(C(=O)C2CCCN(S(=O)(=O)Cc3ccc(Cl)cc3)C2)CC1. The molecule has 0 saturated carbocycles. The summed E-state index contributed by atoms with van der Waals surface area (Å²) in [6, 6.07) is 6.86. The van der Waals surface area contributed by atoms with E-state index < -0.39 is 10.0 Å². The Balaban J connectivity index is 1.63. The molecule has 0 bridgehead atoms. The lowest BCUT2D eigenvalue weighted by Crippen LogP contribution is -2.52. The average Bonchev–Trinajstić information content (AvgIpc) is 2.64. The van der Waals surface area contributed by atoms with Crippen LogP contribution in [0, 0.1) is 5.92 Å². The number of rotatable bonds is 4. The maximum atomic E-state index is 12.8. The highest BCUT2D eigenvalue weighted by Gasteiger charge is 2.34. The maximum Gasteiger partial charge on any atom is 0.227 e. The van der Waals surface area contributed by atoms with E-state index in [2.05, 4.69) is 4.90 Å². The molecular formula is C18H26ClN3O3S. The molecule has 1 amide bonds. The Labute approximate surface area is 160 Å². The highest BCUT2D eigenvalue weighted by atomic mass is 35.5. The largest absolute Gasteiger partial charge is 0.340 e. The van der Waals surface area contributed by atoms with Gasteiger partial charge < -0.3 is 9.80 Å². The van der Waals surface area contributed by atoms with Gasteiger partial charge in [0.15, 0.2) is 0 Å². The highest BCUT2D eigenvalue weighted by molar-refractivity contribution is 7.88. The van der Waals surface area contributed by atoms with Crippen molar-refractivity contribution < 1.29 is 13.2 Å². The van der Waals surface area contributed by atoms with Gasteiger partial charge in [0.1, 0.15) is 0 Å². The van der Waals surface area contributed by atoms with E-state index in [-0.39, 0.29) is 17.6 Å². The summed E-state index contributed by atoms with van der Waals surface area (Å²) in [6.07, 6.45) is 1.49. The molecule has 26 heavy (non-hydrogen) atoms. The van der Waals surface area contributed by atoms with E-state index in [0.717, 1.165) is 39.0 Å². The number of piperazine rings is 1. The first-order valence-electron chi connectivity index (χ1n) is 9.05. The number of carbonyl (C=O) groups excluding carboxylic acids is 1. The summed E-state index contributed by atoms with van der Waals surface area (Å²) in [7, 11) is -1.39. The molecule has 0 spiro atoms. The summed E-state index contributed by atoms with van der Waals surface area (Å²) in [5.41, 5.74) is 0.710. The third-order valence-electron chi connectivity index (χ3n) is 5.20. The summed E-state index contributed by atoms with van der Waals surface area (Å²) < 4.78 is 27.1. The van der Waals surface area contributed by atoms with Crippen LogP contribution in [-0.4, -0.2) is 74.7 Å². The van der Waals surface area contributed by atoms with Crippen molar-refractivity contribution in [2.24, 2.45) is 5.92 Å². The van der Waals surface area contributed by atoms with E-state index in [1.54, 1.807) is 24.3 Å². The molecule has 0 N–H and O–H groups in total. The fraction of sp³-hybridized carbons (Fsp3) is 0.611. The zero-order valence-corrected chi connectivity index (χ0v) is 16.7. The minimum atomic E-state index is -3.44. The van der Waals surface area contributed by atoms with E-state index in [1.165, 1.54) is 4.31 Å². The van der Waals surface area contributed by atoms with Gasteiger partial charge in [-0.05, 0) is 37.6 Å². The molecule has 3 rings (SSSR count). The van der Waals surface area contributed by atoms with Gasteiger partial charge in [-0.1, -0.05) is 23.7 Å². The molecule has 0 aromatic heterocycles. The van der Waals surface area contributed by atoms with Crippen LogP contribution in [0.5, 0.6) is 0 Å². The molecule has 2 fully saturated rings. The van der Waals surface area contributed by atoms with Crippen LogP contribution in [0.2, 0.25) is 5.02 Å². The molecule has 2 aliphatic rings. The lowest BCUT2D eigenvalue weighted by molar-refractivity contribution is -0.138. The van der Waals surface area contributed by atoms with Crippen LogP contribution < -0.4 is 0 Å². The highest BCUT2D eigenvalue weighted by Crippen LogP contribution is 2.24. The zero-order chi connectivity index (χ0) is 18.7. The number of piperidine rings is 1. The number of hydrogen-bond donors (Lipinski definition) is 0. The van der Waals surface area contributed by atoms with Crippen molar-refractivity contribution in [3.63, 3.8) is 0 Å². The van der Waals surface area contributed by atoms with Crippen molar-refractivity contribution >= 4 is 27.5 Å². The van der Waals surface area contributed by atoms with Crippen LogP contribution in [0.4, 0.5) is 0 Å². The maximum absolute atomic E-state index is 12.8. The molecule has 1 aromatic carbocycles. The first-order chi connectivity index (χ1) is 12.3. The van der Waals surface area contributed by atoms with Gasteiger partial charge in [0.2, 0.25) is 15.9 Å². The summed E-state index contributed by atoms with van der Waals surface area (Å²) in [4.78, 5) is 16.9. The quantitative estimate of drug-likeness (QED) is 0.772. The summed E-state index contributed by atoms with van der Waals surface area (Å²) in [5.74, 6) is -0.184. The van der Waals surface area contributed by atoms with E-state index in [9.17, 15) is 13.2 Å². The summed E-state index contributed by atoms with van der Waals surface area (Å²) in [6.45, 7) is 3.98. The van der Waals surface area contributed by atoms with Crippen LogP contribution >= 0.6 is 11.6 Å². The van der Waals surface area contributed by atoms with Crippen molar-refractivity contribution in [2.45, 2.75) is 18.6 Å². The topological polar surface area (TPSA) is 60.9 Å². The monoisotopic (exact) mass is 399 g/mol. The Morgan fingerprint density at radius 2 is 1.77 bits per heavy atom. The smallest absolute Gasteiger partial charge is 0.227 e. The second-order valence-electron chi connectivity index (χ2n) is 7.21. The number of benzene rings is 1. The van der Waals surface area contributed by atoms with Crippen molar-refractivity contribution in [3.05, 3.63) is 34.9 Å². The lowest BCUT2D eigenvalue weighted by Gasteiger charge is -2.37. The van der Waals surface area contributed by atoms with Crippen molar-refractivity contribution in [3.8, 4) is 0 Å². The molecule has 0 aliphatic carbocycles. The second-order valence-corrected chi connectivity index (χ2v) is 9.61. The van der Waals surface area contributed by atoms with E-state index in [4.69, 9.17) is 11.6 Å². The van der Waals surface area contributed by atoms with Gasteiger partial charge in [-0.15, -0.1) is 0 Å². The molecule has 144 valence electrons. The predicted molar refractivity (Wildman–Crippen MR) is 102 cm³/mol. The van der Waals surface area contributed by atoms with Gasteiger partial charge in [0.25, 0.3) is 0 Å². The molecule has 8 heteroatoms. The van der Waals surface area contributed by atoms with Gasteiger partial charge in [0, 0.05) is 44.3 Å². The number of sulfonamides is 1. The number of hydrogen-bond acceptors (Lipinski definition) is 4. The Morgan fingerprint density at radius 3 is 2.42 bits per heavy atom. The first kappa shape index (κ1) is 19.6. The van der Waals surface area contributed by atoms with Crippen molar-refractivity contribution in [1.29, 1.82) is 0 Å². The first-order valence-corrected chi connectivity index (χ1v) is 11.0. The van der Waals surface area contributed by atoms with Crippen LogP contribution in [0.3, 0.4) is 0 Å². The van der Waals surface area contributed by atoms with Gasteiger partial charge in [-0.2, -0.15) is 0 Å². The van der Waals surface area contributed by atoms with Crippen LogP contribution in [-0.2, 0) is 20.6 Å². The standard InChI is InChI=1S/C18H26ClN3O3S/c1-20-9-11-21(12-10-20)18(23)16-3-2-8-22(13-16)26(24,25)14-15-4-6-17(19)7-5-15/h4-7,16H,2-3,8-14H2,1H3. The number of halogens is 1. The second kappa shape index (κ2) is 8.25. The fourth-order valence-corrected chi connectivity index (χ4v) is 5.30. The minimum absolute atomic E-state index is 0.0560. The summed E-state index contributed by atoms with van der Waals surface area (Å²) in [5, 5.41) is 0.585. The van der Waals surface area contributed by atoms with E-state index in [1.807, 2.05) is 11.9 Å². The zero-order valence-electron chi connectivity index (χ0n) is 15.1. The van der Waals surface area contributed by atoms with Crippen LogP contribution in [0.15, 0.2) is 24.3 Å². The molecule has 1 unspecified atom stereocenters. The average molecular weight is 400 g/mol. The molecule has 2 saturated heterocycles. The van der Waals surface area contributed by atoms with E-state index in [0.29, 0.717) is 23.7 Å². The fourth-order valence-electron chi connectivity index (χ4n) is 3.56. The molecule has 1 aromatic rings. The van der Waals surface area contributed by atoms with Crippen molar-refractivity contribution in [1.82, 2.24) is 14.1 Å². The molecule has 2 aliphatic heterocycles. The number of nitrogens with zero attached hydrogens (tertiary/aromatic N) is 3. The lowest BCUT2D eigenvalue weighted by atomic mass is 9.98. The third kappa shape index (κ3) is 4.76. The Kier molecular flexibility index (Phi) is 6.22. The predicted octanol–water partition coefficient (Wildman–Crippen LogP) is 1.66. The van der Waals surface area contributed by atoms with Gasteiger partial charge in [-0.25, -0.2) is 12.7 Å². The normalized spacial score (nSPS) is 23.2. The Morgan fingerprint density at radius 1 is 1.12 bits per heavy atom. The molecule has 0 radical (unpaired) electrons. The molecular weight excluding hydrogens is 374 g/mol. The Hall–Kier alpha value is -1.15. The third-order valence-corrected chi connectivity index (χ3v) is 7.27. The number of amides is 1. The van der Waals surface area contributed by atoms with Gasteiger partial charge in [-0.3, -0.25) is 4.79 Å².